The highest BCUT2D eigenvalue weighted by atomic mass is 16.6. The van der Waals surface area contributed by atoms with Gasteiger partial charge in [0, 0.05) is 0 Å². The summed E-state index contributed by atoms with van der Waals surface area (Å²) in [6.07, 6.45) is 12.9. The number of nitrogens with one attached hydrogen (secondary N) is 1. The summed E-state index contributed by atoms with van der Waals surface area (Å²) < 4.78 is 11.2. The normalized spacial score (nSPS) is 11.9. The predicted molar refractivity (Wildman–Crippen MR) is 138 cm³/mol. The van der Waals surface area contributed by atoms with Crippen LogP contribution in [0, 0.1) is 0 Å². The van der Waals surface area contributed by atoms with E-state index in [1.165, 1.54) is 51.4 Å². The van der Waals surface area contributed by atoms with Crippen molar-refractivity contribution in [3.8, 4) is 5.75 Å². The van der Waals surface area contributed by atoms with Gasteiger partial charge in [-0.2, -0.15) is 0 Å². The summed E-state index contributed by atoms with van der Waals surface area (Å²) in [6.45, 7) is 7.60. The molecule has 0 aliphatic carbocycles. The standard InChI is InChI=1S/C28H49NO5/c1-5-6-7-8-9-10-11-12-13-20-33-25-18-14-16-24(21-25)17-15-19-28(22-30,23-31)29-26(32)34-27(2,3)4/h14,16,18,21,30-31H,5-13,15,17,19-20,22-23H2,1-4H3,(H,29,32). The molecule has 1 aromatic carbocycles. The molecule has 1 rings (SSSR count). The lowest BCUT2D eigenvalue weighted by molar-refractivity contribution is 0.0271. The summed E-state index contributed by atoms with van der Waals surface area (Å²) in [6, 6.07) is 8.07. The fourth-order valence-corrected chi connectivity index (χ4v) is 3.89. The molecule has 1 amide bonds. The van der Waals surface area contributed by atoms with E-state index in [9.17, 15) is 15.0 Å². The molecule has 0 heterocycles. The maximum absolute atomic E-state index is 12.1. The van der Waals surface area contributed by atoms with Crippen molar-refractivity contribution in [2.45, 2.75) is 116 Å². The molecular weight excluding hydrogens is 430 g/mol. The second-order valence-electron chi connectivity index (χ2n) is 10.4. The highest BCUT2D eigenvalue weighted by Crippen LogP contribution is 2.20. The van der Waals surface area contributed by atoms with Crippen molar-refractivity contribution in [2.24, 2.45) is 0 Å². The van der Waals surface area contributed by atoms with Crippen LogP contribution in [-0.2, 0) is 11.2 Å². The first-order valence-electron chi connectivity index (χ1n) is 13.2. The molecule has 0 aromatic heterocycles. The number of hydrogen-bond acceptors (Lipinski definition) is 5. The number of aliphatic hydroxyl groups excluding tert-OH is 2. The van der Waals surface area contributed by atoms with Crippen LogP contribution >= 0.6 is 0 Å². The molecule has 0 saturated heterocycles. The number of benzene rings is 1. The zero-order valence-electron chi connectivity index (χ0n) is 22.0. The minimum atomic E-state index is -1.10. The van der Waals surface area contributed by atoms with E-state index in [-0.39, 0.29) is 13.2 Å². The van der Waals surface area contributed by atoms with Crippen molar-refractivity contribution < 1.29 is 24.5 Å². The summed E-state index contributed by atoms with van der Waals surface area (Å²) in [5.74, 6) is 0.875. The molecule has 0 unspecified atom stereocenters. The molecule has 1 aromatic rings. The Bertz CT molecular complexity index is 667. The van der Waals surface area contributed by atoms with Crippen LogP contribution in [0.1, 0.15) is 104 Å². The number of unbranched alkanes of at least 4 members (excludes halogenated alkanes) is 8. The maximum atomic E-state index is 12.1. The number of alkyl carbamates (subject to hydrolysis) is 1. The van der Waals surface area contributed by atoms with Gasteiger partial charge in [-0.15, -0.1) is 0 Å². The number of carbonyl (C=O) groups excluding carboxylic acids is 1. The minimum Gasteiger partial charge on any atom is -0.494 e. The molecule has 0 bridgehead atoms. The first-order valence-corrected chi connectivity index (χ1v) is 13.2. The van der Waals surface area contributed by atoms with Crippen LogP contribution < -0.4 is 10.1 Å². The van der Waals surface area contributed by atoms with Crippen LogP contribution in [0.4, 0.5) is 4.79 Å². The Kier molecular flexibility index (Phi) is 14.9. The van der Waals surface area contributed by atoms with Crippen molar-refractivity contribution in [1.82, 2.24) is 5.32 Å². The van der Waals surface area contributed by atoms with Crippen molar-refractivity contribution in [3.05, 3.63) is 29.8 Å². The highest BCUT2D eigenvalue weighted by molar-refractivity contribution is 5.68. The monoisotopic (exact) mass is 479 g/mol. The van der Waals surface area contributed by atoms with Crippen LogP contribution in [0.2, 0.25) is 0 Å². The van der Waals surface area contributed by atoms with Gasteiger partial charge in [0.25, 0.3) is 0 Å². The molecule has 0 aliphatic rings. The van der Waals surface area contributed by atoms with Gasteiger partial charge >= 0.3 is 6.09 Å². The fraction of sp³-hybridized carbons (Fsp3) is 0.750. The fourth-order valence-electron chi connectivity index (χ4n) is 3.89. The zero-order chi connectivity index (χ0) is 25.3. The van der Waals surface area contributed by atoms with Gasteiger partial charge in [-0.25, -0.2) is 4.79 Å². The average molecular weight is 480 g/mol. The number of aryl methyl sites for hydroxylation is 1. The Balaban J connectivity index is 2.35. The van der Waals surface area contributed by atoms with Gasteiger partial charge in [-0.3, -0.25) is 0 Å². The van der Waals surface area contributed by atoms with Crippen molar-refractivity contribution in [2.75, 3.05) is 19.8 Å². The van der Waals surface area contributed by atoms with Gasteiger partial charge < -0.3 is 25.0 Å². The Hall–Kier alpha value is -1.79. The molecular formula is C28H49NO5. The SMILES string of the molecule is CCCCCCCCCCCOc1cccc(CCCC(CO)(CO)NC(=O)OC(C)(C)C)c1. The van der Waals surface area contributed by atoms with Crippen LogP contribution in [0.25, 0.3) is 0 Å². The Morgan fingerprint density at radius 3 is 2.12 bits per heavy atom. The average Bonchev–Trinajstić information content (AvgIpc) is 2.78. The Labute approximate surface area is 207 Å². The third-order valence-corrected chi connectivity index (χ3v) is 5.91. The van der Waals surface area contributed by atoms with Gasteiger partial charge in [0.05, 0.1) is 25.4 Å². The van der Waals surface area contributed by atoms with E-state index in [0.29, 0.717) is 12.8 Å². The van der Waals surface area contributed by atoms with E-state index in [1.807, 2.05) is 18.2 Å². The van der Waals surface area contributed by atoms with E-state index < -0.39 is 17.2 Å². The smallest absolute Gasteiger partial charge is 0.408 e. The van der Waals surface area contributed by atoms with Gasteiger partial charge in [-0.05, 0) is 64.2 Å². The molecule has 0 spiro atoms. The summed E-state index contributed by atoms with van der Waals surface area (Å²) >= 11 is 0. The summed E-state index contributed by atoms with van der Waals surface area (Å²) in [7, 11) is 0. The molecule has 0 aliphatic heterocycles. The molecule has 0 fully saturated rings. The van der Waals surface area contributed by atoms with Gasteiger partial charge in [0.15, 0.2) is 0 Å². The number of amides is 1. The lowest BCUT2D eigenvalue weighted by Crippen LogP contribution is -2.55. The van der Waals surface area contributed by atoms with Gasteiger partial charge in [-0.1, -0.05) is 70.4 Å². The molecule has 34 heavy (non-hydrogen) atoms. The number of ether oxygens (including phenoxy) is 2. The third-order valence-electron chi connectivity index (χ3n) is 5.91. The predicted octanol–water partition coefficient (Wildman–Crippen LogP) is 6.17. The lowest BCUT2D eigenvalue weighted by atomic mass is 9.93. The Morgan fingerprint density at radius 1 is 0.912 bits per heavy atom. The zero-order valence-corrected chi connectivity index (χ0v) is 22.0. The van der Waals surface area contributed by atoms with Crippen molar-refractivity contribution in [1.29, 1.82) is 0 Å². The van der Waals surface area contributed by atoms with Crippen molar-refractivity contribution >= 4 is 6.09 Å². The van der Waals surface area contributed by atoms with Crippen LogP contribution in [0.3, 0.4) is 0 Å². The van der Waals surface area contributed by atoms with Gasteiger partial charge in [0.2, 0.25) is 0 Å². The summed E-state index contributed by atoms with van der Waals surface area (Å²) in [5.41, 5.74) is -0.617. The molecule has 0 saturated carbocycles. The first kappa shape index (κ1) is 30.2. The van der Waals surface area contributed by atoms with E-state index in [2.05, 4.69) is 18.3 Å². The van der Waals surface area contributed by atoms with Crippen LogP contribution in [0.15, 0.2) is 24.3 Å². The van der Waals surface area contributed by atoms with E-state index in [1.54, 1.807) is 20.8 Å². The highest BCUT2D eigenvalue weighted by Gasteiger charge is 2.32. The topological polar surface area (TPSA) is 88.0 Å². The molecule has 3 N–H and O–H groups in total. The number of hydrogen-bond donors (Lipinski definition) is 3. The molecule has 6 heteroatoms. The maximum Gasteiger partial charge on any atom is 0.408 e. The van der Waals surface area contributed by atoms with Crippen LogP contribution in [0.5, 0.6) is 5.75 Å². The molecule has 196 valence electrons. The lowest BCUT2D eigenvalue weighted by Gasteiger charge is -2.32. The number of rotatable bonds is 18. The van der Waals surface area contributed by atoms with Gasteiger partial charge in [0.1, 0.15) is 11.4 Å². The summed E-state index contributed by atoms with van der Waals surface area (Å²) in [4.78, 5) is 12.1. The second-order valence-corrected chi connectivity index (χ2v) is 10.4. The van der Waals surface area contributed by atoms with E-state index in [4.69, 9.17) is 9.47 Å². The third kappa shape index (κ3) is 13.8. The van der Waals surface area contributed by atoms with E-state index in [0.717, 1.165) is 30.8 Å². The molecule has 0 radical (unpaired) electrons. The number of carbonyl (C=O) groups is 1. The second kappa shape index (κ2) is 16.8. The van der Waals surface area contributed by atoms with Crippen molar-refractivity contribution in [3.63, 3.8) is 0 Å². The minimum absolute atomic E-state index is 0.357. The molecule has 0 atom stereocenters. The quantitative estimate of drug-likeness (QED) is 0.219. The van der Waals surface area contributed by atoms with E-state index >= 15 is 0 Å². The summed E-state index contributed by atoms with van der Waals surface area (Å²) in [5, 5.41) is 22.3. The molecule has 6 nitrogen and oxygen atoms in total. The largest absolute Gasteiger partial charge is 0.494 e. The number of aliphatic hydroxyl groups is 2. The first-order chi connectivity index (χ1) is 16.2. The van der Waals surface area contributed by atoms with Crippen LogP contribution in [-0.4, -0.2) is 47.3 Å². The Morgan fingerprint density at radius 2 is 1.53 bits per heavy atom.